The van der Waals surface area contributed by atoms with Crippen molar-refractivity contribution in [3.63, 3.8) is 0 Å². The maximum atomic E-state index is 5.56. The van der Waals surface area contributed by atoms with E-state index >= 15 is 0 Å². The molecule has 0 amide bonds. The normalized spacial score (nSPS) is 12.0. The highest BCUT2D eigenvalue weighted by Crippen LogP contribution is 2.36. The molecule has 0 fully saturated rings. The maximum Gasteiger partial charge on any atom is 0.165 e. The van der Waals surface area contributed by atoms with Crippen molar-refractivity contribution in [2.75, 3.05) is 20.8 Å². The average molecular weight is 291 g/mol. The number of ether oxygens (including phenoxy) is 2. The standard InChI is InChI=1S/C18H29NO2/c1-5-7-8-9-10-13-16(19-6-2)15-12-11-14-17(20-3)18(15)21-4/h5,11-12,14,16,19H,1,6-10,13H2,2-4H3. The summed E-state index contributed by atoms with van der Waals surface area (Å²) in [5.74, 6) is 1.64. The predicted octanol–water partition coefficient (Wildman–Crippen LogP) is 4.49. The highest BCUT2D eigenvalue weighted by Gasteiger charge is 2.17. The zero-order chi connectivity index (χ0) is 15.5. The molecule has 118 valence electrons. The third-order valence-electron chi connectivity index (χ3n) is 3.66. The first-order valence-corrected chi connectivity index (χ1v) is 7.83. The molecular formula is C18H29NO2. The van der Waals surface area contributed by atoms with Crippen molar-refractivity contribution in [1.29, 1.82) is 0 Å². The van der Waals surface area contributed by atoms with E-state index in [1.807, 2.05) is 18.2 Å². The lowest BCUT2D eigenvalue weighted by Crippen LogP contribution is -2.21. The van der Waals surface area contributed by atoms with E-state index in [0.29, 0.717) is 6.04 Å². The quantitative estimate of drug-likeness (QED) is 0.481. The van der Waals surface area contributed by atoms with Crippen LogP contribution in [0, 0.1) is 0 Å². The first-order chi connectivity index (χ1) is 10.3. The fourth-order valence-electron chi connectivity index (χ4n) is 2.61. The number of allylic oxidation sites excluding steroid dienone is 1. The summed E-state index contributed by atoms with van der Waals surface area (Å²) in [7, 11) is 3.38. The van der Waals surface area contributed by atoms with E-state index in [1.54, 1.807) is 14.2 Å². The van der Waals surface area contributed by atoms with Crippen molar-refractivity contribution < 1.29 is 9.47 Å². The molecule has 3 heteroatoms. The van der Waals surface area contributed by atoms with Crippen LogP contribution in [0.1, 0.15) is 50.6 Å². The van der Waals surface area contributed by atoms with Gasteiger partial charge in [0.1, 0.15) is 0 Å². The Kier molecular flexibility index (Phi) is 8.60. The van der Waals surface area contributed by atoms with Gasteiger partial charge in [0.25, 0.3) is 0 Å². The van der Waals surface area contributed by atoms with Gasteiger partial charge in [0.2, 0.25) is 0 Å². The van der Waals surface area contributed by atoms with E-state index < -0.39 is 0 Å². The second-order valence-corrected chi connectivity index (χ2v) is 5.12. The number of rotatable bonds is 11. The van der Waals surface area contributed by atoms with Crippen molar-refractivity contribution in [1.82, 2.24) is 5.32 Å². The van der Waals surface area contributed by atoms with E-state index in [9.17, 15) is 0 Å². The SMILES string of the molecule is C=CCCCCCC(NCC)c1cccc(OC)c1OC. The van der Waals surface area contributed by atoms with Gasteiger partial charge in [-0.05, 0) is 31.9 Å². The lowest BCUT2D eigenvalue weighted by Gasteiger charge is -2.22. The molecule has 0 aliphatic heterocycles. The maximum absolute atomic E-state index is 5.56. The van der Waals surface area contributed by atoms with Crippen LogP contribution in [0.5, 0.6) is 11.5 Å². The zero-order valence-electron chi connectivity index (χ0n) is 13.7. The molecule has 0 saturated heterocycles. The summed E-state index contributed by atoms with van der Waals surface area (Å²) in [6, 6.07) is 6.40. The minimum absolute atomic E-state index is 0.309. The first-order valence-electron chi connectivity index (χ1n) is 7.83. The van der Waals surface area contributed by atoms with E-state index in [-0.39, 0.29) is 0 Å². The number of nitrogens with one attached hydrogen (secondary N) is 1. The van der Waals surface area contributed by atoms with Gasteiger partial charge >= 0.3 is 0 Å². The van der Waals surface area contributed by atoms with Crippen LogP contribution in [0.25, 0.3) is 0 Å². The van der Waals surface area contributed by atoms with E-state index in [4.69, 9.17) is 9.47 Å². The molecule has 1 atom stereocenters. The molecule has 1 unspecified atom stereocenters. The minimum atomic E-state index is 0.309. The molecule has 3 nitrogen and oxygen atoms in total. The average Bonchev–Trinajstić information content (AvgIpc) is 2.52. The Morgan fingerprint density at radius 3 is 2.62 bits per heavy atom. The molecule has 1 N–H and O–H groups in total. The van der Waals surface area contributed by atoms with Crippen LogP contribution in [0.4, 0.5) is 0 Å². The third-order valence-corrected chi connectivity index (χ3v) is 3.66. The van der Waals surface area contributed by atoms with Gasteiger partial charge in [-0.2, -0.15) is 0 Å². The van der Waals surface area contributed by atoms with Crippen LogP contribution in [0.3, 0.4) is 0 Å². The van der Waals surface area contributed by atoms with Gasteiger partial charge in [-0.1, -0.05) is 38.0 Å². The third kappa shape index (κ3) is 5.43. The van der Waals surface area contributed by atoms with E-state index in [2.05, 4.69) is 24.9 Å². The molecule has 0 saturated carbocycles. The van der Waals surface area contributed by atoms with Crippen molar-refractivity contribution in [3.8, 4) is 11.5 Å². The van der Waals surface area contributed by atoms with Crippen LogP contribution in [-0.2, 0) is 0 Å². The van der Waals surface area contributed by atoms with Crippen LogP contribution in [0.2, 0.25) is 0 Å². The summed E-state index contributed by atoms with van der Waals surface area (Å²) in [5, 5.41) is 3.56. The summed E-state index contributed by atoms with van der Waals surface area (Å²) < 4.78 is 11.0. The van der Waals surface area contributed by atoms with Crippen molar-refractivity contribution in [2.45, 2.75) is 45.1 Å². The number of unbranched alkanes of at least 4 members (excludes halogenated alkanes) is 3. The van der Waals surface area contributed by atoms with Gasteiger partial charge in [-0.3, -0.25) is 0 Å². The summed E-state index contributed by atoms with van der Waals surface area (Å²) in [6.07, 6.45) is 7.86. The van der Waals surface area contributed by atoms with Crippen LogP contribution >= 0.6 is 0 Å². The molecule has 0 aliphatic carbocycles. The molecule has 0 heterocycles. The number of para-hydroxylation sites is 1. The monoisotopic (exact) mass is 291 g/mol. The molecule has 21 heavy (non-hydrogen) atoms. The summed E-state index contributed by atoms with van der Waals surface area (Å²) >= 11 is 0. The van der Waals surface area contributed by atoms with Crippen molar-refractivity contribution in [3.05, 3.63) is 36.4 Å². The Morgan fingerprint density at radius 2 is 2.00 bits per heavy atom. The van der Waals surface area contributed by atoms with Crippen LogP contribution in [0.15, 0.2) is 30.9 Å². The Labute approximate surface area is 129 Å². The molecule has 0 aromatic heterocycles. The fourth-order valence-corrected chi connectivity index (χ4v) is 2.61. The second kappa shape index (κ2) is 10.3. The van der Waals surface area contributed by atoms with E-state index in [1.165, 1.54) is 24.8 Å². The zero-order valence-corrected chi connectivity index (χ0v) is 13.7. The van der Waals surface area contributed by atoms with E-state index in [0.717, 1.165) is 30.9 Å². The largest absolute Gasteiger partial charge is 0.493 e. The lowest BCUT2D eigenvalue weighted by molar-refractivity contribution is 0.344. The minimum Gasteiger partial charge on any atom is -0.493 e. The molecule has 1 aromatic carbocycles. The van der Waals surface area contributed by atoms with Crippen molar-refractivity contribution >= 4 is 0 Å². The smallest absolute Gasteiger partial charge is 0.165 e. The van der Waals surface area contributed by atoms with Gasteiger partial charge in [0.15, 0.2) is 11.5 Å². The van der Waals surface area contributed by atoms with Crippen molar-refractivity contribution in [2.24, 2.45) is 0 Å². The molecule has 1 rings (SSSR count). The van der Waals surface area contributed by atoms with Gasteiger partial charge in [0.05, 0.1) is 14.2 Å². The molecule has 0 radical (unpaired) electrons. The Morgan fingerprint density at radius 1 is 1.19 bits per heavy atom. The van der Waals surface area contributed by atoms with Gasteiger partial charge in [-0.15, -0.1) is 6.58 Å². The van der Waals surface area contributed by atoms with Gasteiger partial charge in [-0.25, -0.2) is 0 Å². The fraction of sp³-hybridized carbons (Fsp3) is 0.556. The summed E-state index contributed by atoms with van der Waals surface area (Å²) in [6.45, 7) is 6.85. The Balaban J connectivity index is 2.77. The van der Waals surface area contributed by atoms with Crippen LogP contribution in [-0.4, -0.2) is 20.8 Å². The first kappa shape index (κ1) is 17.6. The molecular weight excluding hydrogens is 262 g/mol. The summed E-state index contributed by atoms with van der Waals surface area (Å²) in [4.78, 5) is 0. The molecule has 0 bridgehead atoms. The lowest BCUT2D eigenvalue weighted by atomic mass is 9.98. The van der Waals surface area contributed by atoms with Gasteiger partial charge < -0.3 is 14.8 Å². The van der Waals surface area contributed by atoms with Crippen LogP contribution < -0.4 is 14.8 Å². The predicted molar refractivity (Wildman–Crippen MR) is 89.2 cm³/mol. The summed E-state index contributed by atoms with van der Waals surface area (Å²) in [5.41, 5.74) is 1.18. The number of hydrogen-bond donors (Lipinski definition) is 1. The molecule has 0 spiro atoms. The molecule has 1 aromatic rings. The second-order valence-electron chi connectivity index (χ2n) is 5.12. The number of methoxy groups -OCH3 is 2. The number of benzene rings is 1. The Bertz CT molecular complexity index is 418. The Hall–Kier alpha value is -1.48. The molecule has 0 aliphatic rings. The number of hydrogen-bond acceptors (Lipinski definition) is 3. The highest BCUT2D eigenvalue weighted by atomic mass is 16.5. The highest BCUT2D eigenvalue weighted by molar-refractivity contribution is 5.48. The van der Waals surface area contributed by atoms with Gasteiger partial charge in [0, 0.05) is 11.6 Å². The topological polar surface area (TPSA) is 30.5 Å².